The third-order valence-electron chi connectivity index (χ3n) is 5.95. The fraction of sp³-hybridized carbons (Fsp3) is 0.714. The van der Waals surface area contributed by atoms with Crippen LogP contribution >= 0.6 is 0 Å². The first-order valence-electron chi connectivity index (χ1n) is 9.94. The van der Waals surface area contributed by atoms with E-state index in [9.17, 15) is 5.11 Å². The van der Waals surface area contributed by atoms with Crippen LogP contribution in [0.2, 0.25) is 0 Å². The maximum atomic E-state index is 10.6. The summed E-state index contributed by atoms with van der Waals surface area (Å²) in [6.45, 7) is 7.82. The Morgan fingerprint density at radius 1 is 1.20 bits per heavy atom. The van der Waals surface area contributed by atoms with Crippen LogP contribution in [0.25, 0.3) is 0 Å². The number of likely N-dealkylation sites (tertiary alicyclic amines) is 2. The molecule has 0 aliphatic carbocycles. The first-order valence-corrected chi connectivity index (χ1v) is 9.94. The minimum Gasteiger partial charge on any atom is -0.497 e. The normalized spacial score (nSPS) is 27.2. The summed E-state index contributed by atoms with van der Waals surface area (Å²) in [6, 6.07) is 8.55. The van der Waals surface area contributed by atoms with Crippen molar-refractivity contribution in [1.29, 1.82) is 0 Å². The van der Waals surface area contributed by atoms with Gasteiger partial charge in [0.1, 0.15) is 5.75 Å². The molecule has 1 aromatic carbocycles. The van der Waals surface area contributed by atoms with Gasteiger partial charge in [0.2, 0.25) is 0 Å². The molecule has 2 heterocycles. The van der Waals surface area contributed by atoms with E-state index in [1.165, 1.54) is 45.2 Å². The maximum absolute atomic E-state index is 10.6. The molecule has 3 atom stereocenters. The van der Waals surface area contributed by atoms with E-state index in [2.05, 4.69) is 16.7 Å². The molecule has 1 aromatic rings. The number of aliphatic hydroxyl groups is 1. The average Bonchev–Trinajstić information content (AvgIpc) is 2.64. The highest BCUT2D eigenvalue weighted by molar-refractivity contribution is 5.29. The van der Waals surface area contributed by atoms with Gasteiger partial charge in [-0.3, -0.25) is 0 Å². The predicted molar refractivity (Wildman–Crippen MR) is 102 cm³/mol. The molecule has 0 saturated carbocycles. The van der Waals surface area contributed by atoms with Crippen LogP contribution in [0.4, 0.5) is 0 Å². The summed E-state index contributed by atoms with van der Waals surface area (Å²) >= 11 is 0. The van der Waals surface area contributed by atoms with Crippen molar-refractivity contribution in [3.05, 3.63) is 29.8 Å². The van der Waals surface area contributed by atoms with Crippen LogP contribution in [-0.4, -0.2) is 60.8 Å². The topological polar surface area (TPSA) is 35.9 Å². The number of hydrogen-bond acceptors (Lipinski definition) is 4. The smallest absolute Gasteiger partial charge is 0.119 e. The molecule has 4 heteroatoms. The van der Waals surface area contributed by atoms with Gasteiger partial charge in [0.25, 0.3) is 0 Å². The molecular formula is C21H34N2O2. The SMILES string of the molecule is COc1cccc(C(O)CN2CCCC(CN3CCCCC3C)C2)c1. The zero-order valence-electron chi connectivity index (χ0n) is 15.9. The zero-order valence-corrected chi connectivity index (χ0v) is 15.9. The Kier molecular flexibility index (Phi) is 6.74. The Morgan fingerprint density at radius 2 is 2.08 bits per heavy atom. The lowest BCUT2D eigenvalue weighted by Gasteiger charge is -2.40. The summed E-state index contributed by atoms with van der Waals surface area (Å²) in [5.41, 5.74) is 0.950. The molecule has 2 fully saturated rings. The highest BCUT2D eigenvalue weighted by Gasteiger charge is 2.26. The van der Waals surface area contributed by atoms with Crippen molar-refractivity contribution in [2.75, 3.05) is 39.8 Å². The lowest BCUT2D eigenvalue weighted by atomic mass is 9.94. The van der Waals surface area contributed by atoms with Gasteiger partial charge < -0.3 is 19.6 Å². The van der Waals surface area contributed by atoms with Crippen molar-refractivity contribution in [1.82, 2.24) is 9.80 Å². The number of piperidine rings is 2. The Bertz CT molecular complexity index is 536. The van der Waals surface area contributed by atoms with Crippen LogP contribution in [0, 0.1) is 5.92 Å². The molecule has 0 amide bonds. The van der Waals surface area contributed by atoms with E-state index in [1.807, 2.05) is 24.3 Å². The highest BCUT2D eigenvalue weighted by Crippen LogP contribution is 2.25. The number of hydrogen-bond donors (Lipinski definition) is 1. The Balaban J connectivity index is 1.52. The van der Waals surface area contributed by atoms with Gasteiger partial charge in [0.15, 0.2) is 0 Å². The van der Waals surface area contributed by atoms with Gasteiger partial charge in [-0.2, -0.15) is 0 Å². The highest BCUT2D eigenvalue weighted by atomic mass is 16.5. The van der Waals surface area contributed by atoms with Crippen molar-refractivity contribution < 1.29 is 9.84 Å². The fourth-order valence-corrected chi connectivity index (χ4v) is 4.43. The Labute approximate surface area is 152 Å². The van der Waals surface area contributed by atoms with E-state index < -0.39 is 6.10 Å². The number of benzene rings is 1. The summed E-state index contributed by atoms with van der Waals surface area (Å²) in [7, 11) is 1.67. The molecule has 1 N–H and O–H groups in total. The fourth-order valence-electron chi connectivity index (χ4n) is 4.43. The molecular weight excluding hydrogens is 312 g/mol. The quantitative estimate of drug-likeness (QED) is 0.857. The molecule has 140 valence electrons. The number of nitrogens with zero attached hydrogens (tertiary/aromatic N) is 2. The van der Waals surface area contributed by atoms with Crippen LogP contribution in [0.5, 0.6) is 5.75 Å². The van der Waals surface area contributed by atoms with Crippen LogP contribution < -0.4 is 4.74 Å². The van der Waals surface area contributed by atoms with Gasteiger partial charge in [0.05, 0.1) is 13.2 Å². The van der Waals surface area contributed by atoms with E-state index in [-0.39, 0.29) is 0 Å². The molecule has 0 radical (unpaired) electrons. The molecule has 2 saturated heterocycles. The maximum Gasteiger partial charge on any atom is 0.119 e. The standard InChI is InChI=1S/C21H34N2O2/c1-17-7-3-4-12-23(17)15-18-8-6-11-22(14-18)16-21(24)19-9-5-10-20(13-19)25-2/h5,9-10,13,17-18,21,24H,3-4,6-8,11-12,14-16H2,1-2H3. The molecule has 0 bridgehead atoms. The lowest BCUT2D eigenvalue weighted by Crippen LogP contribution is -2.46. The van der Waals surface area contributed by atoms with E-state index in [1.54, 1.807) is 7.11 Å². The second kappa shape index (κ2) is 9.02. The van der Waals surface area contributed by atoms with E-state index >= 15 is 0 Å². The Hall–Kier alpha value is -1.10. The first-order chi connectivity index (χ1) is 12.2. The molecule has 3 rings (SSSR count). The van der Waals surface area contributed by atoms with E-state index in [4.69, 9.17) is 4.74 Å². The van der Waals surface area contributed by atoms with Gasteiger partial charge >= 0.3 is 0 Å². The van der Waals surface area contributed by atoms with Crippen molar-refractivity contribution in [3.8, 4) is 5.75 Å². The third kappa shape index (κ3) is 5.19. The minimum atomic E-state index is -0.442. The molecule has 3 unspecified atom stereocenters. The summed E-state index contributed by atoms with van der Waals surface area (Å²) in [6.07, 6.45) is 6.23. The van der Waals surface area contributed by atoms with Crippen LogP contribution in [0.1, 0.15) is 50.7 Å². The summed E-state index contributed by atoms with van der Waals surface area (Å²) in [5, 5.41) is 10.6. The van der Waals surface area contributed by atoms with Gasteiger partial charge in [-0.25, -0.2) is 0 Å². The number of methoxy groups -OCH3 is 1. The zero-order chi connectivity index (χ0) is 17.6. The monoisotopic (exact) mass is 346 g/mol. The molecule has 0 spiro atoms. The number of ether oxygens (including phenoxy) is 1. The van der Waals surface area contributed by atoms with Crippen molar-refractivity contribution in [2.24, 2.45) is 5.92 Å². The number of β-amino-alcohol motifs (C(OH)–C–C–N with tert-alkyl or cyclic N) is 1. The number of aliphatic hydroxyl groups excluding tert-OH is 1. The van der Waals surface area contributed by atoms with Crippen molar-refractivity contribution in [2.45, 2.75) is 51.2 Å². The predicted octanol–water partition coefficient (Wildman–Crippen LogP) is 3.32. The van der Waals surface area contributed by atoms with E-state index in [0.717, 1.165) is 42.9 Å². The summed E-state index contributed by atoms with van der Waals surface area (Å²) in [4.78, 5) is 5.14. The second-order valence-corrected chi connectivity index (χ2v) is 7.90. The van der Waals surface area contributed by atoms with Crippen LogP contribution in [-0.2, 0) is 0 Å². The Morgan fingerprint density at radius 3 is 2.88 bits per heavy atom. The summed E-state index contributed by atoms with van der Waals surface area (Å²) in [5.74, 6) is 1.55. The third-order valence-corrected chi connectivity index (χ3v) is 5.95. The van der Waals surface area contributed by atoms with E-state index in [0.29, 0.717) is 0 Å². The minimum absolute atomic E-state index is 0.442. The second-order valence-electron chi connectivity index (χ2n) is 7.90. The van der Waals surface area contributed by atoms with Crippen molar-refractivity contribution in [3.63, 3.8) is 0 Å². The number of rotatable bonds is 6. The van der Waals surface area contributed by atoms with Gasteiger partial charge in [0, 0.05) is 25.7 Å². The molecule has 25 heavy (non-hydrogen) atoms. The van der Waals surface area contributed by atoms with Gasteiger partial charge in [-0.1, -0.05) is 18.6 Å². The van der Waals surface area contributed by atoms with Crippen LogP contribution in [0.3, 0.4) is 0 Å². The molecule has 2 aliphatic heterocycles. The lowest BCUT2D eigenvalue weighted by molar-refractivity contribution is 0.0612. The first kappa shape index (κ1) is 18.7. The van der Waals surface area contributed by atoms with Crippen LogP contribution in [0.15, 0.2) is 24.3 Å². The molecule has 4 nitrogen and oxygen atoms in total. The van der Waals surface area contributed by atoms with Crippen molar-refractivity contribution >= 4 is 0 Å². The molecule has 2 aliphatic rings. The average molecular weight is 347 g/mol. The largest absolute Gasteiger partial charge is 0.497 e. The molecule has 0 aromatic heterocycles. The summed E-state index contributed by atoms with van der Waals surface area (Å²) < 4.78 is 5.28. The van der Waals surface area contributed by atoms with Gasteiger partial charge in [-0.15, -0.1) is 0 Å². The van der Waals surface area contributed by atoms with Gasteiger partial charge in [-0.05, 0) is 69.3 Å².